The highest BCUT2D eigenvalue weighted by Gasteiger charge is 2.18. The summed E-state index contributed by atoms with van der Waals surface area (Å²) in [6.07, 6.45) is 85.9. The maximum atomic E-state index is 12.5. The molecular formula is C73H143NO5. The van der Waals surface area contributed by atoms with Crippen LogP contribution in [0.15, 0.2) is 12.2 Å². The Morgan fingerprint density at radius 1 is 0.342 bits per heavy atom. The number of carbonyl (C=O) groups is 2. The fourth-order valence-electron chi connectivity index (χ4n) is 11.8. The lowest BCUT2D eigenvalue weighted by atomic mass is 10.0. The third-order valence-corrected chi connectivity index (χ3v) is 17.3. The zero-order valence-corrected chi connectivity index (χ0v) is 53.9. The van der Waals surface area contributed by atoms with Crippen LogP contribution in [0.2, 0.25) is 0 Å². The monoisotopic (exact) mass is 1110 g/mol. The third-order valence-electron chi connectivity index (χ3n) is 17.3. The largest absolute Gasteiger partial charge is 0.466 e. The fourth-order valence-corrected chi connectivity index (χ4v) is 11.8. The summed E-state index contributed by atoms with van der Waals surface area (Å²) < 4.78 is 5.49. The Hall–Kier alpha value is -1.40. The van der Waals surface area contributed by atoms with Gasteiger partial charge in [-0.2, -0.15) is 0 Å². The number of aliphatic hydroxyl groups excluding tert-OH is 2. The zero-order chi connectivity index (χ0) is 57.1. The van der Waals surface area contributed by atoms with Crippen molar-refractivity contribution in [1.29, 1.82) is 0 Å². The average Bonchev–Trinajstić information content (AvgIpc) is 3.45. The number of amides is 1. The Morgan fingerprint density at radius 3 is 0.861 bits per heavy atom. The summed E-state index contributed by atoms with van der Waals surface area (Å²) in [7, 11) is 0. The Labute approximate surface area is 495 Å². The molecule has 0 saturated carbocycles. The van der Waals surface area contributed by atoms with Crippen molar-refractivity contribution in [1.82, 2.24) is 5.32 Å². The van der Waals surface area contributed by atoms with Crippen molar-refractivity contribution in [3.05, 3.63) is 12.2 Å². The van der Waals surface area contributed by atoms with E-state index in [1.807, 2.05) is 6.08 Å². The first-order valence-electron chi connectivity index (χ1n) is 36.5. The molecule has 0 aliphatic heterocycles. The number of allylic oxidation sites excluding steroid dienone is 1. The fraction of sp³-hybridized carbons (Fsp3) is 0.945. The van der Waals surface area contributed by atoms with Gasteiger partial charge in [-0.15, -0.1) is 0 Å². The molecule has 6 nitrogen and oxygen atoms in total. The van der Waals surface area contributed by atoms with E-state index in [2.05, 4.69) is 19.2 Å². The summed E-state index contributed by atoms with van der Waals surface area (Å²) >= 11 is 0. The molecule has 0 aromatic carbocycles. The van der Waals surface area contributed by atoms with Crippen molar-refractivity contribution in [2.24, 2.45) is 0 Å². The lowest BCUT2D eigenvalue weighted by molar-refractivity contribution is -0.143. The minimum atomic E-state index is -0.843. The van der Waals surface area contributed by atoms with Crippen LogP contribution in [0.25, 0.3) is 0 Å². The van der Waals surface area contributed by atoms with Gasteiger partial charge in [-0.1, -0.05) is 386 Å². The Kier molecular flexibility index (Phi) is 67.9. The second kappa shape index (κ2) is 69.1. The number of rotatable bonds is 69. The third kappa shape index (κ3) is 65.6. The van der Waals surface area contributed by atoms with Crippen molar-refractivity contribution >= 4 is 11.9 Å². The number of nitrogens with one attached hydrogen (secondary N) is 1. The molecular weight excluding hydrogens is 971 g/mol. The van der Waals surface area contributed by atoms with Gasteiger partial charge in [0.15, 0.2) is 0 Å². The predicted octanol–water partition coefficient (Wildman–Crippen LogP) is 23.5. The van der Waals surface area contributed by atoms with Gasteiger partial charge in [0.25, 0.3) is 0 Å². The smallest absolute Gasteiger partial charge is 0.305 e. The Morgan fingerprint density at radius 2 is 0.582 bits per heavy atom. The molecule has 2 atom stereocenters. The summed E-state index contributed by atoms with van der Waals surface area (Å²) in [6.45, 7) is 4.95. The van der Waals surface area contributed by atoms with Crippen LogP contribution >= 0.6 is 0 Å². The number of hydrogen-bond acceptors (Lipinski definition) is 5. The normalized spacial score (nSPS) is 12.5. The summed E-state index contributed by atoms with van der Waals surface area (Å²) in [6, 6.07) is -0.626. The molecule has 6 heteroatoms. The van der Waals surface area contributed by atoms with Crippen molar-refractivity contribution < 1.29 is 24.5 Å². The van der Waals surface area contributed by atoms with Gasteiger partial charge in [-0.3, -0.25) is 9.59 Å². The molecule has 0 aromatic heterocycles. The molecule has 3 N–H and O–H groups in total. The first-order chi connectivity index (χ1) is 39.0. The van der Waals surface area contributed by atoms with Crippen LogP contribution in [0.5, 0.6) is 0 Å². The minimum absolute atomic E-state index is 0.0202. The number of carbonyl (C=O) groups excluding carboxylic acids is 2. The second-order valence-corrected chi connectivity index (χ2v) is 25.3. The predicted molar refractivity (Wildman–Crippen MR) is 347 cm³/mol. The molecule has 0 spiro atoms. The Bertz CT molecular complexity index is 1190. The van der Waals surface area contributed by atoms with E-state index in [0.717, 1.165) is 38.5 Å². The van der Waals surface area contributed by atoms with Crippen LogP contribution in [0.4, 0.5) is 0 Å². The van der Waals surface area contributed by atoms with Crippen LogP contribution in [0, 0.1) is 0 Å². The van der Waals surface area contributed by atoms with Crippen molar-refractivity contribution in [3.63, 3.8) is 0 Å². The molecule has 0 bridgehead atoms. The van der Waals surface area contributed by atoms with Gasteiger partial charge in [-0.05, 0) is 32.1 Å². The molecule has 0 rings (SSSR count). The van der Waals surface area contributed by atoms with Crippen LogP contribution in [0.3, 0.4) is 0 Å². The van der Waals surface area contributed by atoms with Gasteiger partial charge in [0.1, 0.15) is 0 Å². The first-order valence-corrected chi connectivity index (χ1v) is 36.5. The van der Waals surface area contributed by atoms with E-state index >= 15 is 0 Å². The number of esters is 1. The van der Waals surface area contributed by atoms with Crippen LogP contribution in [-0.4, -0.2) is 47.4 Å². The molecule has 0 aromatic rings. The van der Waals surface area contributed by atoms with Gasteiger partial charge >= 0.3 is 5.97 Å². The first kappa shape index (κ1) is 77.6. The van der Waals surface area contributed by atoms with Crippen molar-refractivity contribution in [3.8, 4) is 0 Å². The highest BCUT2D eigenvalue weighted by atomic mass is 16.5. The second-order valence-electron chi connectivity index (χ2n) is 25.3. The molecule has 0 fully saturated rings. The summed E-state index contributed by atoms with van der Waals surface area (Å²) in [5.41, 5.74) is 0. The van der Waals surface area contributed by atoms with Gasteiger partial charge in [0.05, 0.1) is 25.4 Å². The maximum Gasteiger partial charge on any atom is 0.305 e. The number of aliphatic hydroxyl groups is 2. The van der Waals surface area contributed by atoms with Crippen LogP contribution < -0.4 is 5.32 Å². The van der Waals surface area contributed by atoms with Gasteiger partial charge < -0.3 is 20.3 Å². The number of ether oxygens (including phenoxy) is 1. The van der Waals surface area contributed by atoms with Crippen molar-refractivity contribution in [2.75, 3.05) is 13.2 Å². The minimum Gasteiger partial charge on any atom is -0.466 e. The summed E-state index contributed by atoms with van der Waals surface area (Å²) in [4.78, 5) is 24.6. The molecule has 470 valence electrons. The lowest BCUT2D eigenvalue weighted by Gasteiger charge is -2.20. The molecule has 0 heterocycles. The average molecular weight is 1110 g/mol. The number of hydrogen-bond donors (Lipinski definition) is 3. The molecule has 1 amide bonds. The van der Waals surface area contributed by atoms with Crippen LogP contribution in [0.1, 0.15) is 418 Å². The van der Waals surface area contributed by atoms with E-state index in [-0.39, 0.29) is 18.5 Å². The molecule has 79 heavy (non-hydrogen) atoms. The van der Waals surface area contributed by atoms with E-state index in [1.165, 1.54) is 353 Å². The van der Waals surface area contributed by atoms with E-state index < -0.39 is 12.1 Å². The van der Waals surface area contributed by atoms with Gasteiger partial charge in [-0.25, -0.2) is 0 Å². The van der Waals surface area contributed by atoms with E-state index in [1.54, 1.807) is 6.08 Å². The van der Waals surface area contributed by atoms with Crippen LogP contribution in [-0.2, 0) is 14.3 Å². The summed E-state index contributed by atoms with van der Waals surface area (Å²) in [5, 5.41) is 23.3. The number of unbranched alkanes of at least 4 members (excludes halogenated alkanes) is 58. The lowest BCUT2D eigenvalue weighted by Crippen LogP contribution is -2.45. The van der Waals surface area contributed by atoms with Gasteiger partial charge in [0.2, 0.25) is 5.91 Å². The van der Waals surface area contributed by atoms with E-state index in [9.17, 15) is 19.8 Å². The standard InChI is InChI=1S/C73H143NO5/c1-3-5-7-9-11-13-15-17-18-19-20-21-30-33-36-39-42-45-49-53-57-61-65-71(76)70(69-75)74-72(77)66-62-58-54-50-46-43-40-37-34-31-28-26-24-22-23-25-27-29-32-35-38-41-44-48-52-56-60-64-68-79-73(78)67-63-59-55-51-47-16-14-12-10-8-6-4-2/h61,65,70-71,75-76H,3-60,62-64,66-69H2,1-2H3,(H,74,77)/b65-61+. The quantitative estimate of drug-likeness (QED) is 0.0320. The Balaban J connectivity index is 3.37. The van der Waals surface area contributed by atoms with Gasteiger partial charge in [0, 0.05) is 12.8 Å². The molecule has 0 aliphatic rings. The highest BCUT2D eigenvalue weighted by Crippen LogP contribution is 2.19. The maximum absolute atomic E-state index is 12.5. The SMILES string of the molecule is CCCCCCCCCCCCCCCCCCCCCC/C=C/C(O)C(CO)NC(=O)CCCCCCCCCCCCCCCCCCCCCCCCCCCCCCOC(=O)CCCCCCCCCCCCCC. The molecule has 0 radical (unpaired) electrons. The van der Waals surface area contributed by atoms with Crippen molar-refractivity contribution in [2.45, 2.75) is 431 Å². The molecule has 2 unspecified atom stereocenters. The van der Waals surface area contributed by atoms with E-state index in [0.29, 0.717) is 19.4 Å². The zero-order valence-electron chi connectivity index (χ0n) is 53.9. The van der Waals surface area contributed by atoms with E-state index in [4.69, 9.17) is 4.74 Å². The topological polar surface area (TPSA) is 95.9 Å². The molecule has 0 saturated heterocycles. The molecule has 0 aliphatic carbocycles. The highest BCUT2D eigenvalue weighted by molar-refractivity contribution is 5.76. The summed E-state index contributed by atoms with van der Waals surface area (Å²) in [5.74, 6) is -0.0397.